The molecule has 0 saturated carbocycles. The third kappa shape index (κ3) is 1.76. The highest BCUT2D eigenvalue weighted by Crippen LogP contribution is 2.20. The van der Waals surface area contributed by atoms with Crippen molar-refractivity contribution in [1.29, 1.82) is 0 Å². The number of hydrogen-bond donors (Lipinski definition) is 1. The number of rotatable bonds is 2. The second-order valence-corrected chi connectivity index (χ2v) is 4.74. The maximum absolute atomic E-state index is 6.01. The molecule has 19 heavy (non-hydrogen) atoms. The molecule has 0 atom stereocenters. The summed E-state index contributed by atoms with van der Waals surface area (Å²) in [6, 6.07) is 1.94. The molecule has 98 valence electrons. The number of imidazole rings is 1. The van der Waals surface area contributed by atoms with Crippen LogP contribution in [-0.4, -0.2) is 24.3 Å². The molecule has 3 aromatic rings. The highest BCUT2D eigenvalue weighted by molar-refractivity contribution is 5.77. The van der Waals surface area contributed by atoms with Crippen LogP contribution in [0.5, 0.6) is 0 Å². The van der Waals surface area contributed by atoms with E-state index >= 15 is 0 Å². The summed E-state index contributed by atoms with van der Waals surface area (Å²) in [6.07, 6.45) is 3.64. The number of pyridine rings is 1. The topological polar surface area (TPSA) is 74.6 Å². The van der Waals surface area contributed by atoms with Crippen molar-refractivity contribution in [3.63, 3.8) is 0 Å². The minimum atomic E-state index is 0.486. The van der Waals surface area contributed by atoms with Crippen molar-refractivity contribution in [3.8, 4) is 0 Å². The first-order valence-electron chi connectivity index (χ1n) is 6.12. The molecular weight excluding hydrogens is 240 g/mol. The first kappa shape index (κ1) is 11.7. The van der Waals surface area contributed by atoms with Gasteiger partial charge in [-0.3, -0.25) is 9.25 Å². The molecule has 0 spiro atoms. The molecular formula is C13H16N6. The van der Waals surface area contributed by atoms with E-state index in [0.29, 0.717) is 12.5 Å². The fourth-order valence-corrected chi connectivity index (χ4v) is 2.18. The molecule has 0 aliphatic carbocycles. The van der Waals surface area contributed by atoms with E-state index in [4.69, 9.17) is 5.73 Å². The zero-order chi connectivity index (χ0) is 13.6. The monoisotopic (exact) mass is 256 g/mol. The third-order valence-electron chi connectivity index (χ3n) is 3.53. The summed E-state index contributed by atoms with van der Waals surface area (Å²) in [5.41, 5.74) is 11.0. The SMILES string of the molecule is Cc1ccnc2c1nc(N)n2Cc1cnn(C)c1C. The predicted octanol–water partition coefficient (Wildman–Crippen LogP) is 1.41. The molecule has 0 aliphatic rings. The molecule has 0 aliphatic heterocycles. The summed E-state index contributed by atoms with van der Waals surface area (Å²) >= 11 is 0. The lowest BCUT2D eigenvalue weighted by Gasteiger charge is -2.05. The zero-order valence-corrected chi connectivity index (χ0v) is 11.3. The first-order chi connectivity index (χ1) is 9.08. The van der Waals surface area contributed by atoms with Crippen LogP contribution in [0.3, 0.4) is 0 Å². The lowest BCUT2D eigenvalue weighted by molar-refractivity contribution is 0.733. The summed E-state index contributed by atoms with van der Waals surface area (Å²) in [5.74, 6) is 0.486. The average molecular weight is 256 g/mol. The van der Waals surface area contributed by atoms with E-state index in [-0.39, 0.29) is 0 Å². The van der Waals surface area contributed by atoms with Gasteiger partial charge in [-0.2, -0.15) is 5.10 Å². The summed E-state index contributed by atoms with van der Waals surface area (Å²) in [7, 11) is 1.93. The third-order valence-corrected chi connectivity index (χ3v) is 3.53. The largest absolute Gasteiger partial charge is 0.369 e. The number of nitrogens with zero attached hydrogens (tertiary/aromatic N) is 5. The van der Waals surface area contributed by atoms with Crippen molar-refractivity contribution < 1.29 is 0 Å². The molecule has 0 bridgehead atoms. The summed E-state index contributed by atoms with van der Waals surface area (Å²) in [6.45, 7) is 4.69. The van der Waals surface area contributed by atoms with E-state index < -0.39 is 0 Å². The number of hydrogen-bond acceptors (Lipinski definition) is 4. The van der Waals surface area contributed by atoms with Gasteiger partial charge in [-0.15, -0.1) is 0 Å². The smallest absolute Gasteiger partial charge is 0.202 e. The number of anilines is 1. The van der Waals surface area contributed by atoms with Gasteiger partial charge in [0.25, 0.3) is 0 Å². The Bertz CT molecular complexity index is 752. The Morgan fingerprint density at radius 1 is 1.32 bits per heavy atom. The van der Waals surface area contributed by atoms with Crippen LogP contribution in [0.2, 0.25) is 0 Å². The summed E-state index contributed by atoms with van der Waals surface area (Å²) in [4.78, 5) is 8.79. The molecule has 6 heteroatoms. The minimum absolute atomic E-state index is 0.486. The van der Waals surface area contributed by atoms with E-state index in [2.05, 4.69) is 15.1 Å². The number of nitrogens with two attached hydrogens (primary N) is 1. The van der Waals surface area contributed by atoms with Crippen LogP contribution in [0.4, 0.5) is 5.95 Å². The fraction of sp³-hybridized carbons (Fsp3) is 0.308. The highest BCUT2D eigenvalue weighted by atomic mass is 15.3. The van der Waals surface area contributed by atoms with Crippen LogP contribution in [0.1, 0.15) is 16.8 Å². The van der Waals surface area contributed by atoms with Gasteiger partial charge in [-0.25, -0.2) is 9.97 Å². The van der Waals surface area contributed by atoms with Gasteiger partial charge in [0.15, 0.2) is 5.65 Å². The van der Waals surface area contributed by atoms with Crippen molar-refractivity contribution in [2.24, 2.45) is 7.05 Å². The van der Waals surface area contributed by atoms with Crippen LogP contribution in [0, 0.1) is 13.8 Å². The molecule has 0 aromatic carbocycles. The average Bonchev–Trinajstić information content (AvgIpc) is 2.86. The Morgan fingerprint density at radius 3 is 2.79 bits per heavy atom. The Hall–Kier alpha value is -2.37. The lowest BCUT2D eigenvalue weighted by Crippen LogP contribution is -2.06. The lowest BCUT2D eigenvalue weighted by atomic mass is 10.2. The molecule has 3 heterocycles. The Balaban J connectivity index is 2.13. The van der Waals surface area contributed by atoms with Crippen molar-refractivity contribution in [3.05, 3.63) is 35.3 Å². The maximum atomic E-state index is 6.01. The molecule has 2 N–H and O–H groups in total. The Kier molecular flexibility index (Phi) is 2.51. The van der Waals surface area contributed by atoms with E-state index in [9.17, 15) is 0 Å². The van der Waals surface area contributed by atoms with E-state index in [0.717, 1.165) is 28.0 Å². The molecule has 0 fully saturated rings. The van der Waals surface area contributed by atoms with E-state index in [1.165, 1.54) is 0 Å². The van der Waals surface area contributed by atoms with Crippen LogP contribution >= 0.6 is 0 Å². The van der Waals surface area contributed by atoms with E-state index in [1.807, 2.05) is 42.4 Å². The van der Waals surface area contributed by atoms with Gasteiger partial charge in [-0.05, 0) is 25.5 Å². The molecule has 0 radical (unpaired) electrons. The van der Waals surface area contributed by atoms with Gasteiger partial charge < -0.3 is 5.73 Å². The summed E-state index contributed by atoms with van der Waals surface area (Å²) in [5, 5.41) is 4.25. The zero-order valence-electron chi connectivity index (χ0n) is 11.3. The minimum Gasteiger partial charge on any atom is -0.369 e. The molecule has 0 amide bonds. The second-order valence-electron chi connectivity index (χ2n) is 4.74. The van der Waals surface area contributed by atoms with E-state index in [1.54, 1.807) is 6.20 Å². The number of aromatic nitrogens is 5. The van der Waals surface area contributed by atoms with Crippen molar-refractivity contribution in [2.75, 3.05) is 5.73 Å². The molecule has 0 unspecified atom stereocenters. The highest BCUT2D eigenvalue weighted by Gasteiger charge is 2.13. The van der Waals surface area contributed by atoms with Crippen LogP contribution in [0.25, 0.3) is 11.2 Å². The fourth-order valence-electron chi connectivity index (χ4n) is 2.18. The molecule has 6 nitrogen and oxygen atoms in total. The normalized spacial score (nSPS) is 11.3. The van der Waals surface area contributed by atoms with Gasteiger partial charge in [-0.1, -0.05) is 0 Å². The molecule has 0 saturated heterocycles. The Labute approximate surface area is 110 Å². The van der Waals surface area contributed by atoms with Crippen LogP contribution in [0.15, 0.2) is 18.5 Å². The van der Waals surface area contributed by atoms with Gasteiger partial charge in [0.1, 0.15) is 5.52 Å². The first-order valence-corrected chi connectivity index (χ1v) is 6.12. The number of aryl methyl sites for hydroxylation is 2. The summed E-state index contributed by atoms with van der Waals surface area (Å²) < 4.78 is 3.77. The van der Waals surface area contributed by atoms with Gasteiger partial charge >= 0.3 is 0 Å². The van der Waals surface area contributed by atoms with Gasteiger partial charge in [0, 0.05) is 24.5 Å². The van der Waals surface area contributed by atoms with Crippen molar-refractivity contribution >= 4 is 17.1 Å². The van der Waals surface area contributed by atoms with Crippen molar-refractivity contribution in [1.82, 2.24) is 24.3 Å². The Morgan fingerprint density at radius 2 is 2.11 bits per heavy atom. The van der Waals surface area contributed by atoms with Crippen molar-refractivity contribution in [2.45, 2.75) is 20.4 Å². The predicted molar refractivity (Wildman–Crippen MR) is 73.7 cm³/mol. The number of nitrogen functional groups attached to an aromatic ring is 1. The van der Waals surface area contributed by atoms with Gasteiger partial charge in [0.2, 0.25) is 5.95 Å². The molecule has 3 aromatic heterocycles. The maximum Gasteiger partial charge on any atom is 0.202 e. The molecule has 3 rings (SSSR count). The second kappa shape index (κ2) is 4.08. The van der Waals surface area contributed by atoms with Gasteiger partial charge in [0.05, 0.1) is 12.7 Å². The standard InChI is InChI=1S/C13H16N6/c1-8-4-5-15-12-11(8)17-13(14)19(12)7-10-6-16-18(3)9(10)2/h4-6H,7H2,1-3H3,(H2,14,17). The number of fused-ring (bicyclic) bond motifs is 1. The quantitative estimate of drug-likeness (QED) is 0.752. The van der Waals surface area contributed by atoms with Crippen LogP contribution < -0.4 is 5.73 Å². The van der Waals surface area contributed by atoms with Crippen LogP contribution in [-0.2, 0) is 13.6 Å².